The lowest BCUT2D eigenvalue weighted by Gasteiger charge is -2.30. The first-order valence-electron chi connectivity index (χ1n) is 6.56. The van der Waals surface area contributed by atoms with Crippen LogP contribution in [-0.2, 0) is 0 Å². The van der Waals surface area contributed by atoms with E-state index in [9.17, 15) is 9.50 Å². The van der Waals surface area contributed by atoms with E-state index in [1.807, 2.05) is 6.92 Å². The molecule has 1 aromatic carbocycles. The van der Waals surface area contributed by atoms with Gasteiger partial charge in [0.25, 0.3) is 0 Å². The quantitative estimate of drug-likeness (QED) is 0.825. The molecule has 5 heteroatoms. The Hall–Kier alpha value is -0.350. The summed E-state index contributed by atoms with van der Waals surface area (Å²) in [5.74, 6) is -0.460. The topological polar surface area (TPSA) is 32.3 Å². The van der Waals surface area contributed by atoms with E-state index in [4.69, 9.17) is 23.2 Å². The predicted octanol–water partition coefficient (Wildman–Crippen LogP) is 4.09. The van der Waals surface area contributed by atoms with E-state index in [-0.39, 0.29) is 23.2 Å². The average Bonchev–Trinajstić information content (AvgIpc) is 2.33. The molecule has 0 spiro atoms. The number of aliphatic hydroxyl groups excluding tert-OH is 1. The molecule has 19 heavy (non-hydrogen) atoms. The van der Waals surface area contributed by atoms with Crippen LogP contribution in [0.4, 0.5) is 4.39 Å². The van der Waals surface area contributed by atoms with E-state index in [0.29, 0.717) is 10.6 Å². The second-order valence-corrected chi connectivity index (χ2v) is 6.01. The molecule has 0 amide bonds. The normalized spacial score (nSPS) is 25.3. The van der Waals surface area contributed by atoms with Crippen molar-refractivity contribution in [1.82, 2.24) is 5.32 Å². The molecule has 2 N–H and O–H groups in total. The molecule has 1 saturated carbocycles. The van der Waals surface area contributed by atoms with Gasteiger partial charge in [0.1, 0.15) is 5.82 Å². The van der Waals surface area contributed by atoms with Crippen LogP contribution in [-0.4, -0.2) is 17.3 Å². The first-order chi connectivity index (χ1) is 8.97. The van der Waals surface area contributed by atoms with Gasteiger partial charge in [-0.1, -0.05) is 23.2 Å². The molecule has 1 fully saturated rings. The molecule has 2 nitrogen and oxygen atoms in total. The van der Waals surface area contributed by atoms with Gasteiger partial charge in [-0.2, -0.15) is 0 Å². The second kappa shape index (κ2) is 6.40. The summed E-state index contributed by atoms with van der Waals surface area (Å²) in [7, 11) is 0. The highest BCUT2D eigenvalue weighted by molar-refractivity contribution is 6.35. The lowest BCUT2D eigenvalue weighted by atomic mass is 9.92. The molecule has 0 radical (unpaired) electrons. The van der Waals surface area contributed by atoms with Gasteiger partial charge in [-0.05, 0) is 50.3 Å². The van der Waals surface area contributed by atoms with Crippen molar-refractivity contribution in [2.45, 2.75) is 50.8 Å². The summed E-state index contributed by atoms with van der Waals surface area (Å²) >= 11 is 11.8. The van der Waals surface area contributed by atoms with Crippen LogP contribution in [0.25, 0.3) is 0 Å². The molecule has 1 aromatic rings. The SMILES string of the molecule is CC(NC1CCCC(O)C1)c1cc(F)c(Cl)cc1Cl. The molecule has 2 rings (SSSR count). The van der Waals surface area contributed by atoms with Gasteiger partial charge in [0.15, 0.2) is 0 Å². The van der Waals surface area contributed by atoms with Crippen LogP contribution in [0.2, 0.25) is 10.0 Å². The maximum atomic E-state index is 13.5. The molecule has 1 aliphatic carbocycles. The Balaban J connectivity index is 2.07. The van der Waals surface area contributed by atoms with Crippen molar-refractivity contribution in [3.8, 4) is 0 Å². The van der Waals surface area contributed by atoms with Gasteiger partial charge >= 0.3 is 0 Å². The minimum absolute atomic E-state index is 0.0361. The number of aliphatic hydroxyl groups is 1. The Morgan fingerprint density at radius 1 is 1.32 bits per heavy atom. The minimum Gasteiger partial charge on any atom is -0.393 e. The summed E-state index contributed by atoms with van der Waals surface area (Å²) in [5, 5.41) is 13.6. The van der Waals surface area contributed by atoms with Gasteiger partial charge in [-0.3, -0.25) is 0 Å². The Morgan fingerprint density at radius 3 is 2.74 bits per heavy atom. The van der Waals surface area contributed by atoms with Crippen LogP contribution >= 0.6 is 23.2 Å². The first kappa shape index (κ1) is 15.0. The molecule has 106 valence electrons. The number of halogens is 3. The smallest absolute Gasteiger partial charge is 0.142 e. The zero-order valence-electron chi connectivity index (χ0n) is 10.8. The van der Waals surface area contributed by atoms with Crippen LogP contribution in [0.1, 0.15) is 44.2 Å². The highest BCUT2D eigenvalue weighted by atomic mass is 35.5. The summed E-state index contributed by atoms with van der Waals surface area (Å²) in [6.07, 6.45) is 3.39. The molecular formula is C14H18Cl2FNO. The molecule has 0 aromatic heterocycles. The molecule has 0 heterocycles. The second-order valence-electron chi connectivity index (χ2n) is 5.19. The van der Waals surface area contributed by atoms with E-state index in [1.165, 1.54) is 12.1 Å². The van der Waals surface area contributed by atoms with E-state index >= 15 is 0 Å². The van der Waals surface area contributed by atoms with Gasteiger partial charge in [0.05, 0.1) is 11.1 Å². The summed E-state index contributed by atoms with van der Waals surface area (Å²) in [6, 6.07) is 2.98. The Morgan fingerprint density at radius 2 is 2.05 bits per heavy atom. The highest BCUT2D eigenvalue weighted by Crippen LogP contribution is 2.30. The minimum atomic E-state index is -0.460. The van der Waals surface area contributed by atoms with Crippen LogP contribution in [0, 0.1) is 5.82 Å². The number of nitrogens with one attached hydrogen (secondary N) is 1. The molecule has 1 aliphatic rings. The van der Waals surface area contributed by atoms with Gasteiger partial charge < -0.3 is 10.4 Å². The summed E-state index contributed by atoms with van der Waals surface area (Å²) in [5.41, 5.74) is 0.698. The predicted molar refractivity (Wildman–Crippen MR) is 76.2 cm³/mol. The van der Waals surface area contributed by atoms with Gasteiger partial charge in [0, 0.05) is 17.1 Å². The lowest BCUT2D eigenvalue weighted by Crippen LogP contribution is -2.37. The van der Waals surface area contributed by atoms with Gasteiger partial charge in [-0.15, -0.1) is 0 Å². The standard InChI is InChI=1S/C14H18Cl2FNO/c1-8(18-9-3-2-4-10(19)5-9)11-6-14(17)13(16)7-12(11)15/h6-10,18-19H,2-5H2,1H3. The zero-order chi connectivity index (χ0) is 14.0. The number of benzene rings is 1. The van der Waals surface area contributed by atoms with Crippen molar-refractivity contribution >= 4 is 23.2 Å². The number of hydrogen-bond donors (Lipinski definition) is 2. The van der Waals surface area contributed by atoms with Crippen molar-refractivity contribution in [3.63, 3.8) is 0 Å². The average molecular weight is 306 g/mol. The third kappa shape index (κ3) is 3.82. The van der Waals surface area contributed by atoms with Crippen molar-refractivity contribution < 1.29 is 9.50 Å². The lowest BCUT2D eigenvalue weighted by molar-refractivity contribution is 0.109. The van der Waals surface area contributed by atoms with E-state index in [0.717, 1.165) is 25.7 Å². The Labute approximate surface area is 122 Å². The molecule has 0 aliphatic heterocycles. The van der Waals surface area contributed by atoms with Crippen molar-refractivity contribution in [1.29, 1.82) is 0 Å². The van der Waals surface area contributed by atoms with E-state index < -0.39 is 5.82 Å². The highest BCUT2D eigenvalue weighted by Gasteiger charge is 2.23. The molecule has 3 atom stereocenters. The van der Waals surface area contributed by atoms with Crippen LogP contribution in [0.5, 0.6) is 0 Å². The number of rotatable bonds is 3. The fourth-order valence-electron chi connectivity index (χ4n) is 2.63. The van der Waals surface area contributed by atoms with Crippen LogP contribution in [0.15, 0.2) is 12.1 Å². The third-order valence-electron chi connectivity index (χ3n) is 3.64. The molecule has 3 unspecified atom stereocenters. The maximum absolute atomic E-state index is 13.5. The van der Waals surface area contributed by atoms with Gasteiger partial charge in [-0.25, -0.2) is 4.39 Å². The van der Waals surface area contributed by atoms with Gasteiger partial charge in [0.2, 0.25) is 0 Å². The largest absolute Gasteiger partial charge is 0.393 e. The van der Waals surface area contributed by atoms with Crippen molar-refractivity contribution in [3.05, 3.63) is 33.6 Å². The van der Waals surface area contributed by atoms with Crippen molar-refractivity contribution in [2.75, 3.05) is 0 Å². The number of hydrogen-bond acceptors (Lipinski definition) is 2. The van der Waals surface area contributed by atoms with Crippen LogP contribution in [0.3, 0.4) is 0 Å². The monoisotopic (exact) mass is 305 g/mol. The fraction of sp³-hybridized carbons (Fsp3) is 0.571. The summed E-state index contributed by atoms with van der Waals surface area (Å²) in [6.45, 7) is 1.94. The first-order valence-corrected chi connectivity index (χ1v) is 7.31. The summed E-state index contributed by atoms with van der Waals surface area (Å²) in [4.78, 5) is 0. The molecule has 0 saturated heterocycles. The Kier molecular flexibility index (Phi) is 5.07. The third-order valence-corrected chi connectivity index (χ3v) is 4.26. The zero-order valence-corrected chi connectivity index (χ0v) is 12.3. The van der Waals surface area contributed by atoms with Crippen LogP contribution < -0.4 is 5.32 Å². The molecule has 0 bridgehead atoms. The maximum Gasteiger partial charge on any atom is 0.142 e. The summed E-state index contributed by atoms with van der Waals surface area (Å²) < 4.78 is 13.5. The molecular weight excluding hydrogens is 288 g/mol. The fourth-order valence-corrected chi connectivity index (χ4v) is 3.18. The van der Waals surface area contributed by atoms with E-state index in [2.05, 4.69) is 5.32 Å². The Bertz CT molecular complexity index is 455. The van der Waals surface area contributed by atoms with Crippen molar-refractivity contribution in [2.24, 2.45) is 0 Å². The van der Waals surface area contributed by atoms with E-state index in [1.54, 1.807) is 0 Å².